The van der Waals surface area contributed by atoms with Crippen molar-refractivity contribution in [2.24, 2.45) is 0 Å². The SMILES string of the molecule is CC1(C)CC(NC2(CO)CCCC2)C(C)(C)O1. The highest BCUT2D eigenvalue weighted by Gasteiger charge is 2.49. The van der Waals surface area contributed by atoms with Crippen molar-refractivity contribution in [3.8, 4) is 0 Å². The molecule has 2 aliphatic rings. The average Bonchev–Trinajstić information content (AvgIpc) is 2.71. The molecule has 2 fully saturated rings. The molecule has 0 aromatic carbocycles. The molecule has 1 atom stereocenters. The monoisotopic (exact) mass is 241 g/mol. The van der Waals surface area contributed by atoms with Crippen molar-refractivity contribution in [1.29, 1.82) is 0 Å². The Morgan fingerprint density at radius 1 is 1.18 bits per heavy atom. The molecule has 1 unspecified atom stereocenters. The minimum absolute atomic E-state index is 0.0499. The number of hydrogen-bond acceptors (Lipinski definition) is 3. The van der Waals surface area contributed by atoms with Gasteiger partial charge in [0, 0.05) is 11.6 Å². The third-order valence-electron chi connectivity index (χ3n) is 4.42. The Morgan fingerprint density at radius 2 is 1.76 bits per heavy atom. The predicted octanol–water partition coefficient (Wildman–Crippen LogP) is 2.23. The van der Waals surface area contributed by atoms with Crippen LogP contribution >= 0.6 is 0 Å². The Labute approximate surface area is 105 Å². The van der Waals surface area contributed by atoms with Gasteiger partial charge in [0.05, 0.1) is 17.8 Å². The Balaban J connectivity index is 2.08. The van der Waals surface area contributed by atoms with Gasteiger partial charge in [-0.2, -0.15) is 0 Å². The predicted molar refractivity (Wildman–Crippen MR) is 69.1 cm³/mol. The van der Waals surface area contributed by atoms with E-state index in [-0.39, 0.29) is 23.3 Å². The zero-order valence-corrected chi connectivity index (χ0v) is 11.7. The van der Waals surface area contributed by atoms with E-state index >= 15 is 0 Å². The highest BCUT2D eigenvalue weighted by molar-refractivity contribution is 5.04. The summed E-state index contributed by atoms with van der Waals surface area (Å²) in [5.74, 6) is 0. The van der Waals surface area contributed by atoms with Crippen molar-refractivity contribution >= 4 is 0 Å². The molecule has 3 nitrogen and oxygen atoms in total. The lowest BCUT2D eigenvalue weighted by atomic mass is 9.89. The summed E-state index contributed by atoms with van der Waals surface area (Å²) in [7, 11) is 0. The highest BCUT2D eigenvalue weighted by Crippen LogP contribution is 2.40. The third-order valence-corrected chi connectivity index (χ3v) is 4.42. The largest absolute Gasteiger partial charge is 0.394 e. The number of nitrogens with one attached hydrogen (secondary N) is 1. The van der Waals surface area contributed by atoms with E-state index in [4.69, 9.17) is 4.74 Å². The van der Waals surface area contributed by atoms with Gasteiger partial charge in [-0.1, -0.05) is 12.8 Å². The fourth-order valence-electron chi connectivity index (χ4n) is 3.56. The second-order valence-corrected chi connectivity index (χ2v) is 7.01. The van der Waals surface area contributed by atoms with Crippen molar-refractivity contribution in [1.82, 2.24) is 5.32 Å². The molecule has 3 heteroatoms. The van der Waals surface area contributed by atoms with Gasteiger partial charge in [-0.25, -0.2) is 0 Å². The molecule has 1 saturated carbocycles. The molecule has 1 heterocycles. The topological polar surface area (TPSA) is 41.5 Å². The van der Waals surface area contributed by atoms with E-state index in [1.165, 1.54) is 12.8 Å². The normalized spacial score (nSPS) is 34.1. The summed E-state index contributed by atoms with van der Waals surface area (Å²) in [4.78, 5) is 0. The molecule has 0 aromatic heterocycles. The van der Waals surface area contributed by atoms with Crippen LogP contribution in [-0.4, -0.2) is 34.5 Å². The average molecular weight is 241 g/mol. The van der Waals surface area contributed by atoms with Gasteiger partial charge in [-0.15, -0.1) is 0 Å². The first-order chi connectivity index (χ1) is 7.79. The summed E-state index contributed by atoms with van der Waals surface area (Å²) >= 11 is 0. The van der Waals surface area contributed by atoms with Crippen molar-refractivity contribution in [3.63, 3.8) is 0 Å². The van der Waals surface area contributed by atoms with Crippen LogP contribution in [0.25, 0.3) is 0 Å². The van der Waals surface area contributed by atoms with Crippen LogP contribution in [0.1, 0.15) is 59.8 Å². The summed E-state index contributed by atoms with van der Waals surface area (Å²) in [5.41, 5.74) is -0.254. The first kappa shape index (κ1) is 13.3. The molecule has 1 aliphatic carbocycles. The van der Waals surface area contributed by atoms with Crippen LogP contribution in [-0.2, 0) is 4.74 Å². The van der Waals surface area contributed by atoms with Gasteiger partial charge in [0.1, 0.15) is 0 Å². The number of aliphatic hydroxyl groups is 1. The molecule has 1 saturated heterocycles. The van der Waals surface area contributed by atoms with Crippen LogP contribution in [0.3, 0.4) is 0 Å². The summed E-state index contributed by atoms with van der Waals surface area (Å²) in [6, 6.07) is 0.336. The fourth-order valence-corrected chi connectivity index (χ4v) is 3.56. The van der Waals surface area contributed by atoms with Gasteiger partial charge in [-0.3, -0.25) is 0 Å². The molecule has 1 aliphatic heterocycles. The molecule has 0 radical (unpaired) electrons. The van der Waals surface area contributed by atoms with E-state index in [0.717, 1.165) is 19.3 Å². The van der Waals surface area contributed by atoms with Crippen molar-refractivity contribution in [2.45, 2.75) is 82.6 Å². The lowest BCUT2D eigenvalue weighted by molar-refractivity contribution is -0.0723. The second-order valence-electron chi connectivity index (χ2n) is 7.01. The number of hydrogen-bond donors (Lipinski definition) is 2. The van der Waals surface area contributed by atoms with E-state index in [0.29, 0.717) is 6.04 Å². The summed E-state index contributed by atoms with van der Waals surface area (Å²) < 4.78 is 6.10. The van der Waals surface area contributed by atoms with E-state index < -0.39 is 0 Å². The molecular weight excluding hydrogens is 214 g/mol. The summed E-state index contributed by atoms with van der Waals surface area (Å²) in [6.07, 6.45) is 5.66. The van der Waals surface area contributed by atoms with E-state index in [1.807, 2.05) is 0 Å². The molecule has 0 spiro atoms. The quantitative estimate of drug-likeness (QED) is 0.796. The highest BCUT2D eigenvalue weighted by atomic mass is 16.5. The lowest BCUT2D eigenvalue weighted by Gasteiger charge is -2.36. The van der Waals surface area contributed by atoms with Crippen molar-refractivity contribution < 1.29 is 9.84 Å². The first-order valence-corrected chi connectivity index (χ1v) is 6.87. The van der Waals surface area contributed by atoms with Crippen LogP contribution in [0.5, 0.6) is 0 Å². The first-order valence-electron chi connectivity index (χ1n) is 6.87. The van der Waals surface area contributed by atoms with Crippen LogP contribution in [0.2, 0.25) is 0 Å². The van der Waals surface area contributed by atoms with Gasteiger partial charge in [-0.05, 0) is 47.0 Å². The molecular formula is C14H27NO2. The van der Waals surface area contributed by atoms with Crippen LogP contribution in [0.4, 0.5) is 0 Å². The molecule has 0 aromatic rings. The number of ether oxygens (including phenoxy) is 1. The van der Waals surface area contributed by atoms with Crippen LogP contribution < -0.4 is 5.32 Å². The van der Waals surface area contributed by atoms with Crippen molar-refractivity contribution in [3.05, 3.63) is 0 Å². The second kappa shape index (κ2) is 4.22. The van der Waals surface area contributed by atoms with Gasteiger partial charge >= 0.3 is 0 Å². The van der Waals surface area contributed by atoms with Gasteiger partial charge in [0.25, 0.3) is 0 Å². The minimum Gasteiger partial charge on any atom is -0.394 e. The molecule has 17 heavy (non-hydrogen) atoms. The minimum atomic E-state index is -0.145. The van der Waals surface area contributed by atoms with Crippen LogP contribution in [0, 0.1) is 0 Å². The van der Waals surface area contributed by atoms with E-state index in [9.17, 15) is 5.11 Å². The Kier molecular flexibility index (Phi) is 3.30. The molecule has 100 valence electrons. The zero-order valence-electron chi connectivity index (χ0n) is 11.7. The fraction of sp³-hybridized carbons (Fsp3) is 1.00. The van der Waals surface area contributed by atoms with Gasteiger partial charge < -0.3 is 15.2 Å². The molecule has 2 N–H and O–H groups in total. The van der Waals surface area contributed by atoms with Crippen LogP contribution in [0.15, 0.2) is 0 Å². The maximum atomic E-state index is 9.67. The summed E-state index contributed by atoms with van der Waals surface area (Å²) in [5, 5.41) is 13.4. The number of rotatable bonds is 3. The molecule has 0 bridgehead atoms. The zero-order chi connectivity index (χ0) is 12.7. The van der Waals surface area contributed by atoms with E-state index in [2.05, 4.69) is 33.0 Å². The van der Waals surface area contributed by atoms with Gasteiger partial charge in [0.2, 0.25) is 0 Å². The van der Waals surface area contributed by atoms with E-state index in [1.54, 1.807) is 0 Å². The Bertz CT molecular complexity index is 280. The lowest BCUT2D eigenvalue weighted by Crippen LogP contribution is -2.56. The standard InChI is InChI=1S/C14H27NO2/c1-12(2)9-11(13(3,4)17-12)15-14(10-16)7-5-6-8-14/h11,15-16H,5-10H2,1-4H3. The third kappa shape index (κ3) is 2.67. The Morgan fingerprint density at radius 3 is 2.18 bits per heavy atom. The molecule has 0 amide bonds. The Hall–Kier alpha value is -0.120. The summed E-state index contributed by atoms with van der Waals surface area (Å²) in [6.45, 7) is 8.85. The smallest absolute Gasteiger partial charge is 0.0787 e. The maximum absolute atomic E-state index is 9.67. The molecule has 2 rings (SSSR count). The number of aliphatic hydroxyl groups excluding tert-OH is 1. The van der Waals surface area contributed by atoms with Crippen molar-refractivity contribution in [2.75, 3.05) is 6.61 Å². The van der Waals surface area contributed by atoms with Gasteiger partial charge in [0.15, 0.2) is 0 Å². The maximum Gasteiger partial charge on any atom is 0.0787 e.